The number of thioether (sulfide) groups is 1. The maximum absolute atomic E-state index is 11.9. The third-order valence-corrected chi connectivity index (χ3v) is 4.15. The van der Waals surface area contributed by atoms with Crippen molar-refractivity contribution >= 4 is 23.5 Å². The van der Waals surface area contributed by atoms with E-state index < -0.39 is 11.9 Å². The monoisotopic (exact) mass is 294 g/mol. The van der Waals surface area contributed by atoms with Crippen molar-refractivity contribution in [1.82, 2.24) is 0 Å². The molecule has 0 saturated heterocycles. The molecule has 1 aromatic carbocycles. The summed E-state index contributed by atoms with van der Waals surface area (Å²) in [4.78, 5) is 23.2. The molecule has 0 unspecified atom stereocenters. The zero-order valence-electron chi connectivity index (χ0n) is 12.3. The predicted molar refractivity (Wildman–Crippen MR) is 83.1 cm³/mol. The summed E-state index contributed by atoms with van der Waals surface area (Å²) in [7, 11) is 0. The minimum Gasteiger partial charge on any atom is -0.481 e. The Hall–Kier alpha value is -1.29. The van der Waals surface area contributed by atoms with Gasteiger partial charge in [-0.05, 0) is 12.0 Å². The van der Waals surface area contributed by atoms with Gasteiger partial charge in [0.05, 0.1) is 11.7 Å². The molecule has 0 spiro atoms. The maximum Gasteiger partial charge on any atom is 0.307 e. The van der Waals surface area contributed by atoms with Crippen molar-refractivity contribution in [3.8, 4) is 0 Å². The van der Waals surface area contributed by atoms with Crippen LogP contribution in [0.2, 0.25) is 0 Å². The van der Waals surface area contributed by atoms with E-state index >= 15 is 0 Å². The first kappa shape index (κ1) is 16.8. The molecule has 0 fully saturated rings. The lowest BCUT2D eigenvalue weighted by Gasteiger charge is -2.17. The van der Waals surface area contributed by atoms with E-state index in [-0.39, 0.29) is 17.0 Å². The van der Waals surface area contributed by atoms with Gasteiger partial charge in [0.1, 0.15) is 5.78 Å². The maximum atomic E-state index is 11.9. The summed E-state index contributed by atoms with van der Waals surface area (Å²) in [5.41, 5.74) is 0.955. The van der Waals surface area contributed by atoms with Gasteiger partial charge in [0.15, 0.2) is 0 Å². The van der Waals surface area contributed by atoms with Gasteiger partial charge in [-0.1, -0.05) is 51.1 Å². The van der Waals surface area contributed by atoms with Crippen LogP contribution >= 0.6 is 11.8 Å². The lowest BCUT2D eigenvalue weighted by atomic mass is 9.95. The van der Waals surface area contributed by atoms with Gasteiger partial charge in [0.25, 0.3) is 0 Å². The molecule has 0 amide bonds. The van der Waals surface area contributed by atoms with E-state index in [1.807, 2.05) is 51.1 Å². The summed E-state index contributed by atoms with van der Waals surface area (Å²) in [6.07, 6.45) is 0.509. The van der Waals surface area contributed by atoms with Crippen molar-refractivity contribution in [3.05, 3.63) is 35.9 Å². The molecule has 1 rings (SSSR count). The Morgan fingerprint density at radius 2 is 1.80 bits per heavy atom. The van der Waals surface area contributed by atoms with Gasteiger partial charge >= 0.3 is 5.97 Å². The van der Waals surface area contributed by atoms with Crippen molar-refractivity contribution in [1.29, 1.82) is 0 Å². The number of benzene rings is 1. The first-order valence-corrected chi connectivity index (χ1v) is 7.69. The molecule has 0 saturated carbocycles. The summed E-state index contributed by atoms with van der Waals surface area (Å²) < 4.78 is 0.0216. The summed E-state index contributed by atoms with van der Waals surface area (Å²) in [6, 6.07) is 9.44. The summed E-state index contributed by atoms with van der Waals surface area (Å²) in [5.74, 6) is -1.15. The molecule has 20 heavy (non-hydrogen) atoms. The Morgan fingerprint density at radius 3 is 2.30 bits per heavy atom. The van der Waals surface area contributed by atoms with Crippen LogP contribution in [-0.4, -0.2) is 27.4 Å². The van der Waals surface area contributed by atoms with Crippen LogP contribution in [0, 0.1) is 5.92 Å². The van der Waals surface area contributed by atoms with Gasteiger partial charge in [-0.2, -0.15) is 0 Å². The fourth-order valence-electron chi connectivity index (χ4n) is 1.78. The van der Waals surface area contributed by atoms with Gasteiger partial charge in [-0.25, -0.2) is 0 Å². The summed E-state index contributed by atoms with van der Waals surface area (Å²) in [5, 5.41) is 9.25. The molecule has 0 aliphatic rings. The Balaban J connectivity index is 2.55. The van der Waals surface area contributed by atoms with Crippen molar-refractivity contribution in [2.24, 2.45) is 5.92 Å². The molecule has 1 aromatic rings. The Bertz CT molecular complexity index is 449. The largest absolute Gasteiger partial charge is 0.481 e. The topological polar surface area (TPSA) is 54.4 Å². The van der Waals surface area contributed by atoms with E-state index in [4.69, 9.17) is 0 Å². The van der Waals surface area contributed by atoms with E-state index in [0.29, 0.717) is 12.2 Å². The Kier molecular flexibility index (Phi) is 6.27. The number of hydrogen-bond donors (Lipinski definition) is 1. The third kappa shape index (κ3) is 6.75. The minimum atomic E-state index is -0.900. The molecule has 0 heterocycles. The van der Waals surface area contributed by atoms with Gasteiger partial charge < -0.3 is 5.11 Å². The van der Waals surface area contributed by atoms with E-state index in [9.17, 15) is 14.7 Å². The van der Waals surface area contributed by atoms with Crippen LogP contribution in [0.5, 0.6) is 0 Å². The number of carboxylic acids is 1. The molecule has 3 nitrogen and oxygen atoms in total. The minimum absolute atomic E-state index is 0.00764. The van der Waals surface area contributed by atoms with Gasteiger partial charge in [-0.3, -0.25) is 9.59 Å². The van der Waals surface area contributed by atoms with Crippen LogP contribution in [0.15, 0.2) is 30.3 Å². The highest BCUT2D eigenvalue weighted by molar-refractivity contribution is 8.01. The highest BCUT2D eigenvalue weighted by atomic mass is 32.2. The van der Waals surface area contributed by atoms with E-state index in [0.717, 1.165) is 5.56 Å². The lowest BCUT2D eigenvalue weighted by molar-refractivity contribution is -0.143. The van der Waals surface area contributed by atoms with Crippen LogP contribution in [0.3, 0.4) is 0 Å². The third-order valence-electron chi connectivity index (χ3n) is 2.81. The lowest BCUT2D eigenvalue weighted by Crippen LogP contribution is -2.22. The fraction of sp³-hybridized carbons (Fsp3) is 0.500. The number of Topliss-reactive ketones (excluding diaryl/α,β-unsaturated/α-hetero) is 1. The van der Waals surface area contributed by atoms with Gasteiger partial charge in [-0.15, -0.1) is 11.8 Å². The molecule has 0 aliphatic carbocycles. The van der Waals surface area contributed by atoms with Gasteiger partial charge in [0.2, 0.25) is 0 Å². The van der Waals surface area contributed by atoms with Crippen LogP contribution < -0.4 is 0 Å². The van der Waals surface area contributed by atoms with Crippen LogP contribution in [0.25, 0.3) is 0 Å². The SMILES string of the molecule is CC(C)(C)SCC(=O)C[C@@H](Cc1ccccc1)C(=O)O. The fourth-order valence-corrected chi connectivity index (χ4v) is 2.49. The number of hydrogen-bond acceptors (Lipinski definition) is 3. The van der Waals surface area contributed by atoms with E-state index in [2.05, 4.69) is 0 Å². The van der Waals surface area contributed by atoms with Crippen molar-refractivity contribution in [2.75, 3.05) is 5.75 Å². The second-order valence-electron chi connectivity index (χ2n) is 5.87. The molecule has 0 aromatic heterocycles. The highest BCUT2D eigenvalue weighted by Crippen LogP contribution is 2.24. The van der Waals surface area contributed by atoms with Crippen LogP contribution in [0.4, 0.5) is 0 Å². The van der Waals surface area contributed by atoms with Gasteiger partial charge in [0, 0.05) is 11.2 Å². The zero-order valence-corrected chi connectivity index (χ0v) is 13.1. The second kappa shape index (κ2) is 7.48. The first-order valence-electron chi connectivity index (χ1n) is 6.70. The summed E-state index contributed by atoms with van der Waals surface area (Å²) in [6.45, 7) is 6.14. The Morgan fingerprint density at radius 1 is 1.20 bits per heavy atom. The van der Waals surface area contributed by atoms with Crippen molar-refractivity contribution in [2.45, 2.75) is 38.4 Å². The number of ketones is 1. The molecule has 0 aliphatic heterocycles. The predicted octanol–water partition coefficient (Wildman–Crippen LogP) is 3.42. The van der Waals surface area contributed by atoms with E-state index in [1.165, 1.54) is 0 Å². The Labute approximate surface area is 124 Å². The standard InChI is InChI=1S/C16H22O3S/c1-16(2,3)20-11-14(17)10-13(15(18)19)9-12-7-5-4-6-8-12/h4-8,13H,9-11H2,1-3H3,(H,18,19)/t13-/m1/s1. The van der Waals surface area contributed by atoms with Crippen LogP contribution in [-0.2, 0) is 16.0 Å². The highest BCUT2D eigenvalue weighted by Gasteiger charge is 2.22. The number of carboxylic acid groups (broad SMARTS) is 1. The normalized spacial score (nSPS) is 12.9. The van der Waals surface area contributed by atoms with Crippen molar-refractivity contribution < 1.29 is 14.7 Å². The molecule has 4 heteroatoms. The molecule has 1 N–H and O–H groups in total. The average Bonchev–Trinajstić information content (AvgIpc) is 2.36. The molecular formula is C16H22O3S. The molecule has 110 valence electrons. The quantitative estimate of drug-likeness (QED) is 0.837. The number of aliphatic carboxylic acids is 1. The number of rotatable bonds is 7. The van der Waals surface area contributed by atoms with Crippen LogP contribution in [0.1, 0.15) is 32.8 Å². The summed E-state index contributed by atoms with van der Waals surface area (Å²) >= 11 is 1.56. The molecule has 0 radical (unpaired) electrons. The smallest absolute Gasteiger partial charge is 0.307 e. The molecule has 0 bridgehead atoms. The molecular weight excluding hydrogens is 272 g/mol. The zero-order chi connectivity index (χ0) is 15.2. The second-order valence-corrected chi connectivity index (χ2v) is 7.67. The molecule has 1 atom stereocenters. The number of carbonyl (C=O) groups excluding carboxylic acids is 1. The van der Waals surface area contributed by atoms with Crippen molar-refractivity contribution in [3.63, 3.8) is 0 Å². The number of carbonyl (C=O) groups is 2. The van der Waals surface area contributed by atoms with E-state index in [1.54, 1.807) is 11.8 Å². The first-order chi connectivity index (χ1) is 9.28. The average molecular weight is 294 g/mol.